The third kappa shape index (κ3) is 1.97. The van der Waals surface area contributed by atoms with Crippen molar-refractivity contribution < 1.29 is 4.42 Å². The van der Waals surface area contributed by atoms with Crippen LogP contribution in [0.1, 0.15) is 11.1 Å². The number of oxazole rings is 1. The smallest absolute Gasteiger partial charge is 0.323 e. The first-order chi connectivity index (χ1) is 11.4. The minimum absolute atomic E-state index is 0.466. The number of hydrogen-bond acceptors (Lipinski definition) is 4. The molecule has 110 valence electrons. The lowest BCUT2D eigenvalue weighted by Gasteiger charge is -1.94. The fourth-order valence-electron chi connectivity index (χ4n) is 2.84. The maximum atomic E-state index is 5.74. The van der Waals surface area contributed by atoms with E-state index in [2.05, 4.69) is 21.1 Å². The zero-order valence-corrected chi connectivity index (χ0v) is 12.2. The summed E-state index contributed by atoms with van der Waals surface area (Å²) in [4.78, 5) is 9.14. The molecule has 2 aromatic heterocycles. The second-order valence-electron chi connectivity index (χ2n) is 5.50. The largest absolute Gasteiger partial charge is 0.422 e. The number of aliphatic imine (C=N–C) groups is 1. The van der Waals surface area contributed by atoms with E-state index in [0.717, 1.165) is 34.5 Å². The van der Waals surface area contributed by atoms with Crippen molar-refractivity contribution in [3.05, 3.63) is 72.1 Å². The average molecular weight is 300 g/mol. The monoisotopic (exact) mass is 300 g/mol. The Labute approximate surface area is 131 Å². The molecule has 4 aromatic rings. The molecule has 5 rings (SSSR count). The Bertz CT molecular complexity index is 1020. The molecule has 0 aliphatic carbocycles. The molecule has 0 saturated heterocycles. The maximum Gasteiger partial charge on any atom is 0.323 e. The van der Waals surface area contributed by atoms with E-state index < -0.39 is 0 Å². The second kappa shape index (κ2) is 4.64. The Balaban J connectivity index is 1.52. The Morgan fingerprint density at radius 3 is 2.78 bits per heavy atom. The number of nitrogens with zero attached hydrogens (tertiary/aromatic N) is 4. The Morgan fingerprint density at radius 2 is 1.87 bits per heavy atom. The van der Waals surface area contributed by atoms with Crippen LogP contribution in [0, 0.1) is 0 Å². The summed E-state index contributed by atoms with van der Waals surface area (Å²) in [6.07, 6.45) is 4.55. The van der Waals surface area contributed by atoms with E-state index in [0.29, 0.717) is 6.01 Å². The highest BCUT2D eigenvalue weighted by Crippen LogP contribution is 2.28. The number of rotatable bonds is 2. The topological polar surface area (TPSA) is 56.2 Å². The molecule has 0 radical (unpaired) electrons. The lowest BCUT2D eigenvalue weighted by molar-refractivity contribution is 0.543. The number of para-hydroxylation sites is 3. The number of benzene rings is 2. The second-order valence-corrected chi connectivity index (χ2v) is 5.50. The van der Waals surface area contributed by atoms with E-state index >= 15 is 0 Å². The molecule has 0 saturated carbocycles. The highest BCUT2D eigenvalue weighted by atomic mass is 16.4. The van der Waals surface area contributed by atoms with Crippen LogP contribution in [0.4, 0.5) is 5.69 Å². The van der Waals surface area contributed by atoms with Crippen molar-refractivity contribution in [1.82, 2.24) is 14.8 Å². The van der Waals surface area contributed by atoms with Crippen molar-refractivity contribution in [1.29, 1.82) is 0 Å². The first kappa shape index (κ1) is 12.3. The first-order valence-corrected chi connectivity index (χ1v) is 7.43. The summed E-state index contributed by atoms with van der Waals surface area (Å²) in [6, 6.07) is 16.3. The average Bonchev–Trinajstić information content (AvgIpc) is 3.30. The van der Waals surface area contributed by atoms with Crippen LogP contribution in [-0.2, 0) is 6.42 Å². The highest BCUT2D eigenvalue weighted by molar-refractivity contribution is 6.06. The van der Waals surface area contributed by atoms with E-state index in [4.69, 9.17) is 4.42 Å². The maximum absolute atomic E-state index is 5.74. The predicted octanol–water partition coefficient (Wildman–Crippen LogP) is 3.69. The van der Waals surface area contributed by atoms with Crippen LogP contribution in [0.2, 0.25) is 0 Å². The lowest BCUT2D eigenvalue weighted by atomic mass is 10.1. The van der Waals surface area contributed by atoms with Gasteiger partial charge in [0.15, 0.2) is 5.58 Å². The molecule has 0 spiro atoms. The van der Waals surface area contributed by atoms with Crippen molar-refractivity contribution in [2.45, 2.75) is 6.42 Å². The van der Waals surface area contributed by atoms with Crippen LogP contribution in [0.25, 0.3) is 17.1 Å². The highest BCUT2D eigenvalue weighted by Gasteiger charge is 2.18. The summed E-state index contributed by atoms with van der Waals surface area (Å²) in [7, 11) is 0. The van der Waals surface area contributed by atoms with Crippen LogP contribution in [0.3, 0.4) is 0 Å². The SMILES string of the molecule is c1ccc2c(c1)CC(c1cnn(-c3nc4ccccc4o3)c1)=N2. The molecular weight excluding hydrogens is 288 g/mol. The quantitative estimate of drug-likeness (QED) is 0.567. The standard InChI is InChI=1S/C18H12N4O/c1-2-6-14-12(5-1)9-16(20-14)13-10-19-22(11-13)18-21-15-7-3-4-8-17(15)23-18/h1-8,10-11H,9H2. The molecule has 0 unspecified atom stereocenters. The van der Waals surface area contributed by atoms with Gasteiger partial charge in [0.1, 0.15) is 5.52 Å². The van der Waals surface area contributed by atoms with Crippen LogP contribution in [-0.4, -0.2) is 20.5 Å². The molecule has 23 heavy (non-hydrogen) atoms. The molecule has 0 N–H and O–H groups in total. The van der Waals surface area contributed by atoms with Gasteiger partial charge in [-0.15, -0.1) is 0 Å². The van der Waals surface area contributed by atoms with Gasteiger partial charge in [0.2, 0.25) is 0 Å². The summed E-state index contributed by atoms with van der Waals surface area (Å²) in [5, 5.41) is 4.37. The minimum Gasteiger partial charge on any atom is -0.422 e. The van der Waals surface area contributed by atoms with Crippen molar-refractivity contribution >= 4 is 22.5 Å². The molecule has 1 aliphatic heterocycles. The third-order valence-corrected chi connectivity index (χ3v) is 4.00. The lowest BCUT2D eigenvalue weighted by Crippen LogP contribution is -1.99. The molecule has 5 nitrogen and oxygen atoms in total. The van der Waals surface area contributed by atoms with Crippen molar-refractivity contribution in [2.75, 3.05) is 0 Å². The molecule has 0 fully saturated rings. The minimum atomic E-state index is 0.466. The zero-order valence-electron chi connectivity index (χ0n) is 12.2. The van der Waals surface area contributed by atoms with Gasteiger partial charge in [-0.3, -0.25) is 4.99 Å². The van der Waals surface area contributed by atoms with Crippen molar-refractivity contribution in [2.24, 2.45) is 4.99 Å². The van der Waals surface area contributed by atoms with Gasteiger partial charge in [0.25, 0.3) is 0 Å². The van der Waals surface area contributed by atoms with E-state index in [1.165, 1.54) is 5.56 Å². The normalized spacial score (nSPS) is 13.3. The van der Waals surface area contributed by atoms with E-state index in [-0.39, 0.29) is 0 Å². The fraction of sp³-hybridized carbons (Fsp3) is 0.0556. The fourth-order valence-corrected chi connectivity index (χ4v) is 2.84. The molecule has 1 aliphatic rings. The Morgan fingerprint density at radius 1 is 1.00 bits per heavy atom. The van der Waals surface area contributed by atoms with Crippen molar-refractivity contribution in [3.8, 4) is 6.01 Å². The molecule has 0 atom stereocenters. The van der Waals surface area contributed by atoms with Gasteiger partial charge in [0, 0.05) is 18.2 Å². The van der Waals surface area contributed by atoms with Gasteiger partial charge in [0.05, 0.1) is 17.6 Å². The molecular formula is C18H12N4O. The summed E-state index contributed by atoms with van der Waals surface area (Å²) in [6.45, 7) is 0. The number of fused-ring (bicyclic) bond motifs is 2. The van der Waals surface area contributed by atoms with E-state index in [1.54, 1.807) is 10.9 Å². The zero-order chi connectivity index (χ0) is 15.2. The van der Waals surface area contributed by atoms with Crippen LogP contribution in [0.5, 0.6) is 0 Å². The Kier molecular flexibility index (Phi) is 2.49. The number of aromatic nitrogens is 3. The number of hydrogen-bond donors (Lipinski definition) is 0. The van der Waals surface area contributed by atoms with Gasteiger partial charge >= 0.3 is 6.01 Å². The summed E-state index contributed by atoms with van der Waals surface area (Å²) >= 11 is 0. The van der Waals surface area contributed by atoms with E-state index in [9.17, 15) is 0 Å². The summed E-state index contributed by atoms with van der Waals surface area (Å²) in [5.41, 5.74) is 5.88. The van der Waals surface area contributed by atoms with Crippen molar-refractivity contribution in [3.63, 3.8) is 0 Å². The summed E-state index contributed by atoms with van der Waals surface area (Å²) < 4.78 is 7.39. The molecule has 2 aromatic carbocycles. The predicted molar refractivity (Wildman–Crippen MR) is 87.5 cm³/mol. The van der Waals surface area contributed by atoms with Gasteiger partial charge in [-0.1, -0.05) is 30.3 Å². The molecule has 0 amide bonds. The third-order valence-electron chi connectivity index (χ3n) is 4.00. The van der Waals surface area contributed by atoms with Crippen LogP contribution < -0.4 is 0 Å². The first-order valence-electron chi connectivity index (χ1n) is 7.43. The van der Waals surface area contributed by atoms with Gasteiger partial charge < -0.3 is 4.42 Å². The van der Waals surface area contributed by atoms with E-state index in [1.807, 2.05) is 48.7 Å². The molecule has 3 heterocycles. The van der Waals surface area contributed by atoms with Gasteiger partial charge in [-0.25, -0.2) is 0 Å². The van der Waals surface area contributed by atoms with Gasteiger partial charge in [-0.2, -0.15) is 14.8 Å². The summed E-state index contributed by atoms with van der Waals surface area (Å²) in [5.74, 6) is 0. The molecule has 0 bridgehead atoms. The van der Waals surface area contributed by atoms with Crippen LogP contribution >= 0.6 is 0 Å². The molecule has 5 heteroatoms. The Hall–Kier alpha value is -3.21. The van der Waals surface area contributed by atoms with Gasteiger partial charge in [-0.05, 0) is 23.8 Å². The van der Waals surface area contributed by atoms with Crippen LogP contribution in [0.15, 0.2) is 70.3 Å².